The Hall–Kier alpha value is -1.79. The second-order valence-electron chi connectivity index (χ2n) is 4.89. The van der Waals surface area contributed by atoms with E-state index in [1.165, 1.54) is 6.07 Å². The molecule has 0 fully saturated rings. The summed E-state index contributed by atoms with van der Waals surface area (Å²) < 4.78 is 29.6. The average molecular weight is 384 g/mol. The predicted octanol–water partition coefficient (Wildman–Crippen LogP) is 3.90. The van der Waals surface area contributed by atoms with Crippen LogP contribution in [0.3, 0.4) is 0 Å². The highest BCUT2D eigenvalue weighted by Crippen LogP contribution is 2.38. The lowest BCUT2D eigenvalue weighted by atomic mass is 10.1. The van der Waals surface area contributed by atoms with Gasteiger partial charge in [0.25, 0.3) is 0 Å². The van der Waals surface area contributed by atoms with Gasteiger partial charge in [-0.25, -0.2) is 4.39 Å². The highest BCUT2D eigenvalue weighted by molar-refractivity contribution is 9.10. The van der Waals surface area contributed by atoms with Crippen molar-refractivity contribution in [2.24, 2.45) is 0 Å². The van der Waals surface area contributed by atoms with E-state index >= 15 is 0 Å². The van der Waals surface area contributed by atoms with Gasteiger partial charge >= 0.3 is 0 Å². The molecule has 0 amide bonds. The smallest absolute Gasteiger partial charge is 0.203 e. The second-order valence-corrected chi connectivity index (χ2v) is 5.74. The minimum Gasteiger partial charge on any atom is -0.493 e. The molecule has 2 rings (SSSR count). The van der Waals surface area contributed by atoms with Crippen molar-refractivity contribution in [3.8, 4) is 17.2 Å². The van der Waals surface area contributed by atoms with Gasteiger partial charge in [-0.3, -0.25) is 0 Å². The minimum atomic E-state index is -0.265. The number of halogens is 2. The fourth-order valence-electron chi connectivity index (χ4n) is 2.24. The minimum absolute atomic E-state index is 0.265. The number of benzene rings is 2. The van der Waals surface area contributed by atoms with Crippen molar-refractivity contribution < 1.29 is 18.6 Å². The molecule has 0 heterocycles. The Labute approximate surface area is 143 Å². The molecule has 0 unspecified atom stereocenters. The lowest BCUT2D eigenvalue weighted by Crippen LogP contribution is -2.13. The second kappa shape index (κ2) is 8.17. The Kier molecular flexibility index (Phi) is 6.24. The Morgan fingerprint density at radius 2 is 1.52 bits per heavy atom. The molecule has 0 bridgehead atoms. The van der Waals surface area contributed by atoms with Crippen molar-refractivity contribution in [2.75, 3.05) is 21.3 Å². The van der Waals surface area contributed by atoms with Gasteiger partial charge in [0.15, 0.2) is 11.5 Å². The van der Waals surface area contributed by atoms with Gasteiger partial charge in [0.1, 0.15) is 5.82 Å². The van der Waals surface area contributed by atoms with E-state index in [1.807, 2.05) is 12.1 Å². The van der Waals surface area contributed by atoms with E-state index in [0.717, 1.165) is 11.1 Å². The quantitative estimate of drug-likeness (QED) is 0.786. The van der Waals surface area contributed by atoms with Gasteiger partial charge in [0, 0.05) is 13.1 Å². The first-order valence-electron chi connectivity index (χ1n) is 7.02. The maximum atomic E-state index is 13.2. The molecule has 2 aromatic carbocycles. The molecule has 0 aliphatic rings. The Balaban J connectivity index is 2.06. The summed E-state index contributed by atoms with van der Waals surface area (Å²) in [5, 5.41) is 3.31. The third-order valence-electron chi connectivity index (χ3n) is 3.37. The van der Waals surface area contributed by atoms with Crippen LogP contribution in [-0.2, 0) is 13.1 Å². The van der Waals surface area contributed by atoms with Gasteiger partial charge in [0.2, 0.25) is 5.75 Å². The monoisotopic (exact) mass is 383 g/mol. The molecule has 124 valence electrons. The standard InChI is InChI=1S/C17H19BrFNO3/c1-21-15-7-12(8-16(22-2)17(15)23-3)10-20-9-11-4-5-14(19)13(18)6-11/h4-8,20H,9-10H2,1-3H3. The fraction of sp³-hybridized carbons (Fsp3) is 0.294. The van der Waals surface area contributed by atoms with Gasteiger partial charge in [-0.2, -0.15) is 0 Å². The molecule has 0 aromatic heterocycles. The summed E-state index contributed by atoms with van der Waals surface area (Å²) in [7, 11) is 4.75. The third kappa shape index (κ3) is 4.36. The van der Waals surface area contributed by atoms with Crippen LogP contribution in [-0.4, -0.2) is 21.3 Å². The molecule has 0 radical (unpaired) electrons. The summed E-state index contributed by atoms with van der Waals surface area (Å²) in [5.74, 6) is 1.54. The zero-order valence-corrected chi connectivity index (χ0v) is 14.9. The molecular formula is C17H19BrFNO3. The normalized spacial score (nSPS) is 10.5. The van der Waals surface area contributed by atoms with Gasteiger partial charge in [-0.15, -0.1) is 0 Å². The van der Waals surface area contributed by atoms with Crippen molar-refractivity contribution in [2.45, 2.75) is 13.1 Å². The fourth-order valence-corrected chi connectivity index (χ4v) is 2.66. The molecule has 0 saturated heterocycles. The Morgan fingerprint density at radius 3 is 2.04 bits per heavy atom. The first kappa shape index (κ1) is 17.6. The molecule has 4 nitrogen and oxygen atoms in total. The largest absolute Gasteiger partial charge is 0.493 e. The van der Waals surface area contributed by atoms with Crippen LogP contribution >= 0.6 is 15.9 Å². The maximum absolute atomic E-state index is 13.2. The molecule has 0 atom stereocenters. The van der Waals surface area contributed by atoms with E-state index < -0.39 is 0 Å². The number of hydrogen-bond donors (Lipinski definition) is 1. The Bertz CT molecular complexity index is 654. The van der Waals surface area contributed by atoms with E-state index in [-0.39, 0.29) is 5.82 Å². The zero-order chi connectivity index (χ0) is 16.8. The molecule has 23 heavy (non-hydrogen) atoms. The van der Waals surface area contributed by atoms with Crippen LogP contribution in [0.1, 0.15) is 11.1 Å². The summed E-state index contributed by atoms with van der Waals surface area (Å²) in [4.78, 5) is 0. The van der Waals surface area contributed by atoms with Gasteiger partial charge in [-0.05, 0) is 51.3 Å². The Morgan fingerprint density at radius 1 is 0.913 bits per heavy atom. The first-order valence-corrected chi connectivity index (χ1v) is 7.82. The van der Waals surface area contributed by atoms with Crippen LogP contribution in [0, 0.1) is 5.82 Å². The van der Waals surface area contributed by atoms with Crippen molar-refractivity contribution in [1.82, 2.24) is 5.32 Å². The van der Waals surface area contributed by atoms with E-state index in [2.05, 4.69) is 21.2 Å². The number of ether oxygens (including phenoxy) is 3. The summed E-state index contributed by atoms with van der Waals surface area (Å²) in [6, 6.07) is 8.75. The summed E-state index contributed by atoms with van der Waals surface area (Å²) >= 11 is 3.19. The molecule has 0 saturated carbocycles. The average Bonchev–Trinajstić information content (AvgIpc) is 2.57. The number of rotatable bonds is 7. The number of methoxy groups -OCH3 is 3. The van der Waals surface area contributed by atoms with E-state index in [4.69, 9.17) is 14.2 Å². The van der Waals surface area contributed by atoms with Crippen LogP contribution in [0.4, 0.5) is 4.39 Å². The maximum Gasteiger partial charge on any atom is 0.203 e. The number of nitrogens with one attached hydrogen (secondary N) is 1. The van der Waals surface area contributed by atoms with Crippen LogP contribution in [0.2, 0.25) is 0 Å². The lowest BCUT2D eigenvalue weighted by molar-refractivity contribution is 0.323. The predicted molar refractivity (Wildman–Crippen MR) is 90.7 cm³/mol. The van der Waals surface area contributed by atoms with Crippen molar-refractivity contribution in [3.63, 3.8) is 0 Å². The molecule has 6 heteroatoms. The molecule has 0 aliphatic carbocycles. The number of hydrogen-bond acceptors (Lipinski definition) is 4. The van der Waals surface area contributed by atoms with Gasteiger partial charge in [0.05, 0.1) is 25.8 Å². The lowest BCUT2D eigenvalue weighted by Gasteiger charge is -2.14. The van der Waals surface area contributed by atoms with Crippen LogP contribution in [0.25, 0.3) is 0 Å². The SMILES string of the molecule is COc1cc(CNCc2ccc(F)c(Br)c2)cc(OC)c1OC. The highest BCUT2D eigenvalue weighted by Gasteiger charge is 2.12. The molecular weight excluding hydrogens is 365 g/mol. The van der Waals surface area contributed by atoms with E-state index in [0.29, 0.717) is 34.8 Å². The highest BCUT2D eigenvalue weighted by atomic mass is 79.9. The molecule has 0 aliphatic heterocycles. The van der Waals surface area contributed by atoms with Crippen LogP contribution in [0.5, 0.6) is 17.2 Å². The van der Waals surface area contributed by atoms with E-state index in [9.17, 15) is 4.39 Å². The molecule has 0 spiro atoms. The van der Waals surface area contributed by atoms with Gasteiger partial charge < -0.3 is 19.5 Å². The zero-order valence-electron chi connectivity index (χ0n) is 13.3. The summed E-state index contributed by atoms with van der Waals surface area (Å²) in [6.45, 7) is 1.24. The topological polar surface area (TPSA) is 39.7 Å². The molecule has 2 aromatic rings. The summed E-state index contributed by atoms with van der Waals surface area (Å²) in [5.41, 5.74) is 1.99. The van der Waals surface area contributed by atoms with Crippen molar-refractivity contribution >= 4 is 15.9 Å². The van der Waals surface area contributed by atoms with Crippen molar-refractivity contribution in [3.05, 3.63) is 51.7 Å². The van der Waals surface area contributed by atoms with Crippen LogP contribution in [0.15, 0.2) is 34.8 Å². The molecule has 1 N–H and O–H groups in total. The summed E-state index contributed by atoms with van der Waals surface area (Å²) in [6.07, 6.45) is 0. The first-order chi connectivity index (χ1) is 11.1. The van der Waals surface area contributed by atoms with Gasteiger partial charge in [-0.1, -0.05) is 6.07 Å². The van der Waals surface area contributed by atoms with E-state index in [1.54, 1.807) is 33.5 Å². The van der Waals surface area contributed by atoms with Crippen molar-refractivity contribution in [1.29, 1.82) is 0 Å². The third-order valence-corrected chi connectivity index (χ3v) is 3.97. The van der Waals surface area contributed by atoms with Crippen LogP contribution < -0.4 is 19.5 Å².